The van der Waals surface area contributed by atoms with Crippen molar-refractivity contribution in [1.82, 2.24) is 9.88 Å². The van der Waals surface area contributed by atoms with Gasteiger partial charge in [0, 0.05) is 12.6 Å². The van der Waals surface area contributed by atoms with Crippen LogP contribution in [0.15, 0.2) is 12.3 Å². The summed E-state index contributed by atoms with van der Waals surface area (Å²) in [5.41, 5.74) is -0.864. The van der Waals surface area contributed by atoms with Crippen molar-refractivity contribution in [2.45, 2.75) is 12.8 Å². The number of carboxylic acids is 1. The number of aromatic carboxylic acids is 1. The number of anilines is 1. The molecule has 0 aliphatic carbocycles. The van der Waals surface area contributed by atoms with Crippen LogP contribution in [-0.2, 0) is 0 Å². The van der Waals surface area contributed by atoms with Gasteiger partial charge in [-0.05, 0) is 33.5 Å². The molecule has 0 aromatic carbocycles. The number of hydrogen-bond acceptors (Lipinski definition) is 6. The van der Waals surface area contributed by atoms with Gasteiger partial charge in [-0.15, -0.1) is 0 Å². The summed E-state index contributed by atoms with van der Waals surface area (Å²) in [6.45, 7) is 1.60. The van der Waals surface area contributed by atoms with Crippen LogP contribution in [0.2, 0.25) is 0 Å². The smallest absolute Gasteiger partial charge is 0.342 e. The minimum atomic E-state index is -1.34. The Morgan fingerprint density at radius 3 is 2.75 bits per heavy atom. The summed E-state index contributed by atoms with van der Waals surface area (Å²) in [5, 5.41) is 22.6. The van der Waals surface area contributed by atoms with Gasteiger partial charge in [-0.2, -0.15) is 0 Å². The lowest BCUT2D eigenvalue weighted by Crippen LogP contribution is -2.14. The number of nitrogens with one attached hydrogen (secondary N) is 1. The van der Waals surface area contributed by atoms with Crippen LogP contribution in [0.1, 0.15) is 23.2 Å². The molecule has 0 atom stereocenters. The molecule has 0 fully saturated rings. The maximum atomic E-state index is 11.0. The lowest BCUT2D eigenvalue weighted by Gasteiger charge is -2.10. The highest BCUT2D eigenvalue weighted by Gasteiger charge is 2.20. The molecular weight excluding hydrogens is 264 g/mol. The Kier molecular flexibility index (Phi) is 5.85. The standard InChI is InChI=1S/C12H18N4O4/c1-15(2)6-4-3-5-13-11-7-9(12(17)18)10(8-14-11)16(19)20/h7-8H,3-6H2,1-2H3,(H,13,14)(H,17,18). The quantitative estimate of drug-likeness (QED) is 0.422. The normalized spacial score (nSPS) is 10.6. The van der Waals surface area contributed by atoms with E-state index >= 15 is 0 Å². The van der Waals surface area contributed by atoms with Crippen LogP contribution in [0.3, 0.4) is 0 Å². The Bertz CT molecular complexity index is 490. The molecule has 0 saturated heterocycles. The van der Waals surface area contributed by atoms with Crippen molar-refractivity contribution >= 4 is 17.5 Å². The van der Waals surface area contributed by atoms with E-state index in [4.69, 9.17) is 5.11 Å². The fraction of sp³-hybridized carbons (Fsp3) is 0.500. The molecule has 0 aliphatic heterocycles. The zero-order chi connectivity index (χ0) is 15.1. The zero-order valence-corrected chi connectivity index (χ0v) is 11.5. The highest BCUT2D eigenvalue weighted by molar-refractivity contribution is 5.93. The van der Waals surface area contributed by atoms with Crippen LogP contribution in [0.25, 0.3) is 0 Å². The van der Waals surface area contributed by atoms with Crippen molar-refractivity contribution in [1.29, 1.82) is 0 Å². The first-order valence-electron chi connectivity index (χ1n) is 6.18. The largest absolute Gasteiger partial charge is 0.477 e. The Labute approximate surface area is 116 Å². The lowest BCUT2D eigenvalue weighted by molar-refractivity contribution is -0.385. The van der Waals surface area contributed by atoms with Crippen molar-refractivity contribution in [3.8, 4) is 0 Å². The molecule has 8 heteroatoms. The Balaban J connectivity index is 2.61. The van der Waals surface area contributed by atoms with Gasteiger partial charge < -0.3 is 15.3 Å². The monoisotopic (exact) mass is 282 g/mol. The number of nitro groups is 1. The van der Waals surface area contributed by atoms with Crippen LogP contribution in [0.5, 0.6) is 0 Å². The number of aromatic nitrogens is 1. The summed E-state index contributed by atoms with van der Waals surface area (Å²) in [6.07, 6.45) is 2.86. The van der Waals surface area contributed by atoms with E-state index in [1.165, 1.54) is 6.07 Å². The van der Waals surface area contributed by atoms with Crippen LogP contribution < -0.4 is 5.32 Å². The number of carboxylic acid groups (broad SMARTS) is 1. The second-order valence-corrected chi connectivity index (χ2v) is 4.59. The predicted octanol–water partition coefficient (Wildman–Crippen LogP) is 1.44. The van der Waals surface area contributed by atoms with Gasteiger partial charge in [0.1, 0.15) is 17.6 Å². The van der Waals surface area contributed by atoms with E-state index < -0.39 is 16.6 Å². The highest BCUT2D eigenvalue weighted by Crippen LogP contribution is 2.20. The third-order valence-corrected chi connectivity index (χ3v) is 2.65. The van der Waals surface area contributed by atoms with Crippen molar-refractivity contribution in [3.05, 3.63) is 27.9 Å². The SMILES string of the molecule is CN(C)CCCCNc1cc(C(=O)O)c([N+](=O)[O-])cn1. The van der Waals surface area contributed by atoms with Crippen LogP contribution in [0.4, 0.5) is 11.5 Å². The van der Waals surface area contributed by atoms with Gasteiger partial charge in [-0.25, -0.2) is 9.78 Å². The van der Waals surface area contributed by atoms with Gasteiger partial charge in [0.05, 0.1) is 4.92 Å². The Hall–Kier alpha value is -2.22. The van der Waals surface area contributed by atoms with E-state index in [0.29, 0.717) is 12.4 Å². The number of nitrogens with zero attached hydrogens (tertiary/aromatic N) is 3. The fourth-order valence-electron chi connectivity index (χ4n) is 1.63. The molecule has 0 bridgehead atoms. The van der Waals surface area contributed by atoms with Gasteiger partial charge in [0.2, 0.25) is 0 Å². The number of pyridine rings is 1. The molecule has 0 unspecified atom stereocenters. The summed E-state index contributed by atoms with van der Waals surface area (Å²) >= 11 is 0. The molecule has 110 valence electrons. The van der Waals surface area contributed by atoms with Crippen LogP contribution >= 0.6 is 0 Å². The Morgan fingerprint density at radius 2 is 2.20 bits per heavy atom. The fourth-order valence-corrected chi connectivity index (χ4v) is 1.63. The van der Waals surface area contributed by atoms with Crippen molar-refractivity contribution in [2.24, 2.45) is 0 Å². The molecule has 1 heterocycles. The van der Waals surface area contributed by atoms with E-state index in [1.807, 2.05) is 14.1 Å². The molecule has 0 amide bonds. The number of unbranched alkanes of at least 4 members (excludes halogenated alkanes) is 1. The average Bonchev–Trinajstić information content (AvgIpc) is 2.37. The summed E-state index contributed by atoms with van der Waals surface area (Å²) in [7, 11) is 3.98. The predicted molar refractivity (Wildman–Crippen MR) is 74.1 cm³/mol. The summed E-state index contributed by atoms with van der Waals surface area (Å²) in [4.78, 5) is 26.8. The van der Waals surface area contributed by atoms with E-state index in [2.05, 4.69) is 15.2 Å². The minimum Gasteiger partial charge on any atom is -0.477 e. The van der Waals surface area contributed by atoms with Crippen LogP contribution in [0, 0.1) is 10.1 Å². The zero-order valence-electron chi connectivity index (χ0n) is 11.5. The maximum absolute atomic E-state index is 11.0. The summed E-state index contributed by atoms with van der Waals surface area (Å²) in [6, 6.07) is 1.19. The van der Waals surface area contributed by atoms with Gasteiger partial charge in [0.15, 0.2) is 0 Å². The third-order valence-electron chi connectivity index (χ3n) is 2.65. The first kappa shape index (κ1) is 15.8. The average molecular weight is 282 g/mol. The molecular formula is C12H18N4O4. The molecule has 1 aromatic heterocycles. The van der Waals surface area contributed by atoms with Crippen molar-refractivity contribution in [3.63, 3.8) is 0 Å². The minimum absolute atomic E-state index is 0.331. The van der Waals surface area contributed by atoms with E-state index in [-0.39, 0.29) is 5.56 Å². The number of carbonyl (C=O) groups is 1. The molecule has 0 saturated carbocycles. The molecule has 0 spiro atoms. The maximum Gasteiger partial charge on any atom is 0.342 e. The molecule has 2 N–H and O–H groups in total. The second kappa shape index (κ2) is 7.39. The second-order valence-electron chi connectivity index (χ2n) is 4.59. The first-order chi connectivity index (χ1) is 9.41. The van der Waals surface area contributed by atoms with Crippen LogP contribution in [-0.4, -0.2) is 53.1 Å². The highest BCUT2D eigenvalue weighted by atomic mass is 16.6. The molecule has 0 aliphatic rings. The summed E-state index contributed by atoms with van der Waals surface area (Å²) < 4.78 is 0. The van der Waals surface area contributed by atoms with Gasteiger partial charge >= 0.3 is 11.7 Å². The van der Waals surface area contributed by atoms with E-state index in [9.17, 15) is 14.9 Å². The molecule has 8 nitrogen and oxygen atoms in total. The molecule has 20 heavy (non-hydrogen) atoms. The van der Waals surface area contributed by atoms with E-state index in [1.54, 1.807) is 0 Å². The van der Waals surface area contributed by atoms with Gasteiger partial charge in [-0.3, -0.25) is 10.1 Å². The lowest BCUT2D eigenvalue weighted by atomic mass is 10.2. The molecule has 1 aromatic rings. The number of hydrogen-bond donors (Lipinski definition) is 2. The first-order valence-corrected chi connectivity index (χ1v) is 6.18. The van der Waals surface area contributed by atoms with E-state index in [0.717, 1.165) is 25.6 Å². The van der Waals surface area contributed by atoms with Gasteiger partial charge in [0.25, 0.3) is 0 Å². The summed E-state index contributed by atoms with van der Waals surface area (Å²) in [5.74, 6) is -1.01. The molecule has 1 rings (SSSR count). The third kappa shape index (κ3) is 4.81. The van der Waals surface area contributed by atoms with Crippen molar-refractivity contribution < 1.29 is 14.8 Å². The Morgan fingerprint density at radius 1 is 1.50 bits per heavy atom. The molecule has 0 radical (unpaired) electrons. The topological polar surface area (TPSA) is 109 Å². The van der Waals surface area contributed by atoms with Crippen molar-refractivity contribution in [2.75, 3.05) is 32.5 Å². The number of rotatable bonds is 8. The van der Waals surface area contributed by atoms with Gasteiger partial charge in [-0.1, -0.05) is 0 Å².